The van der Waals surface area contributed by atoms with E-state index < -0.39 is 0 Å². The van der Waals surface area contributed by atoms with Gasteiger partial charge in [-0.1, -0.05) is 68.9 Å². The maximum absolute atomic E-state index is 6.17. The van der Waals surface area contributed by atoms with Crippen LogP contribution >= 0.6 is 23.8 Å². The number of para-hydroxylation sites is 1. The van der Waals surface area contributed by atoms with Crippen molar-refractivity contribution >= 4 is 28.8 Å². The summed E-state index contributed by atoms with van der Waals surface area (Å²) in [5, 5.41) is 0.494. The van der Waals surface area contributed by atoms with Gasteiger partial charge >= 0.3 is 0 Å². The summed E-state index contributed by atoms with van der Waals surface area (Å²) >= 11 is 11.2. The summed E-state index contributed by atoms with van der Waals surface area (Å²) in [6.07, 6.45) is 0. The van der Waals surface area contributed by atoms with E-state index in [4.69, 9.17) is 34.3 Å². The van der Waals surface area contributed by atoms with Crippen molar-refractivity contribution in [2.24, 2.45) is 5.73 Å². The first-order valence-corrected chi connectivity index (χ1v) is 7.45. The van der Waals surface area contributed by atoms with Crippen molar-refractivity contribution < 1.29 is 4.74 Å². The Kier molecular flexibility index (Phi) is 4.55. The van der Waals surface area contributed by atoms with E-state index in [0.29, 0.717) is 16.3 Å². The first-order valence-electron chi connectivity index (χ1n) is 6.66. The van der Waals surface area contributed by atoms with E-state index in [2.05, 4.69) is 26.8 Å². The highest BCUT2D eigenvalue weighted by Gasteiger charge is 2.20. The Morgan fingerprint density at radius 2 is 1.67 bits per heavy atom. The van der Waals surface area contributed by atoms with Crippen LogP contribution in [0.15, 0.2) is 42.5 Å². The van der Waals surface area contributed by atoms with E-state index >= 15 is 0 Å². The van der Waals surface area contributed by atoms with Crippen molar-refractivity contribution in [2.45, 2.75) is 26.2 Å². The average molecular weight is 320 g/mol. The molecule has 0 aliphatic rings. The van der Waals surface area contributed by atoms with Crippen LogP contribution in [-0.2, 0) is 5.41 Å². The molecule has 21 heavy (non-hydrogen) atoms. The molecule has 0 aliphatic heterocycles. The molecule has 4 heteroatoms. The summed E-state index contributed by atoms with van der Waals surface area (Å²) < 4.78 is 6.06. The molecule has 0 aliphatic carbocycles. The second-order valence-electron chi connectivity index (χ2n) is 5.83. The molecule has 2 aromatic carbocycles. The lowest BCUT2D eigenvalue weighted by Crippen LogP contribution is -2.14. The fraction of sp³-hybridized carbons (Fsp3) is 0.235. The number of hydrogen-bond donors (Lipinski definition) is 1. The highest BCUT2D eigenvalue weighted by atomic mass is 35.5. The molecule has 2 nitrogen and oxygen atoms in total. The normalized spacial score (nSPS) is 11.2. The number of benzene rings is 2. The van der Waals surface area contributed by atoms with E-state index in [1.54, 1.807) is 6.07 Å². The largest absolute Gasteiger partial charge is 0.456 e. The summed E-state index contributed by atoms with van der Waals surface area (Å²) in [7, 11) is 0. The van der Waals surface area contributed by atoms with Crippen molar-refractivity contribution in [1.82, 2.24) is 0 Å². The molecule has 0 amide bonds. The van der Waals surface area contributed by atoms with Crippen LogP contribution in [0, 0.1) is 0 Å². The lowest BCUT2D eigenvalue weighted by Gasteiger charge is -2.23. The van der Waals surface area contributed by atoms with Gasteiger partial charge in [-0.15, -0.1) is 0 Å². The van der Waals surface area contributed by atoms with Crippen LogP contribution in [0.4, 0.5) is 0 Å². The molecule has 2 N–H and O–H groups in total. The SMILES string of the molecule is CC(C)(C)c1ccccc1Oc1cccc(Cl)c1C(N)=S. The van der Waals surface area contributed by atoms with Crippen LogP contribution in [0.25, 0.3) is 0 Å². The summed E-state index contributed by atoms with van der Waals surface area (Å²) in [6, 6.07) is 13.3. The number of thiocarbonyl (C=S) groups is 1. The molecular weight excluding hydrogens is 302 g/mol. The standard InChI is InChI=1S/C17H18ClNOS/c1-17(2,3)11-7-4-5-9-13(11)20-14-10-6-8-12(18)15(14)16(19)21/h4-10H,1-3H3,(H2,19,21). The van der Waals surface area contributed by atoms with E-state index in [1.807, 2.05) is 30.3 Å². The van der Waals surface area contributed by atoms with Crippen LogP contribution in [-0.4, -0.2) is 4.99 Å². The molecule has 0 saturated carbocycles. The van der Waals surface area contributed by atoms with Crippen LogP contribution in [0.3, 0.4) is 0 Å². The molecule has 110 valence electrons. The molecule has 0 heterocycles. The number of nitrogens with two attached hydrogens (primary N) is 1. The van der Waals surface area contributed by atoms with E-state index in [9.17, 15) is 0 Å². The predicted octanol–water partition coefficient (Wildman–Crippen LogP) is 5.06. The summed E-state index contributed by atoms with van der Waals surface area (Å²) in [5.41, 5.74) is 7.41. The Bertz CT molecular complexity index is 677. The third kappa shape index (κ3) is 3.55. The molecule has 2 aromatic rings. The lowest BCUT2D eigenvalue weighted by molar-refractivity contribution is 0.454. The summed E-state index contributed by atoms with van der Waals surface area (Å²) in [5.74, 6) is 1.36. The Balaban J connectivity index is 2.50. The van der Waals surface area contributed by atoms with Gasteiger partial charge in [0.25, 0.3) is 0 Å². The first kappa shape index (κ1) is 15.8. The molecule has 0 fully saturated rings. The highest BCUT2D eigenvalue weighted by Crippen LogP contribution is 2.36. The van der Waals surface area contributed by atoms with Crippen LogP contribution in [0.5, 0.6) is 11.5 Å². The van der Waals surface area contributed by atoms with Crippen LogP contribution < -0.4 is 10.5 Å². The van der Waals surface area contributed by atoms with Gasteiger partial charge in [0.05, 0.1) is 10.6 Å². The minimum Gasteiger partial charge on any atom is -0.456 e. The van der Waals surface area contributed by atoms with Gasteiger partial charge in [-0.05, 0) is 23.6 Å². The topological polar surface area (TPSA) is 35.2 Å². The second kappa shape index (κ2) is 6.04. The molecule has 2 rings (SSSR count). The zero-order chi connectivity index (χ0) is 15.6. The maximum atomic E-state index is 6.17. The molecule has 0 radical (unpaired) electrons. The monoisotopic (exact) mass is 319 g/mol. The lowest BCUT2D eigenvalue weighted by atomic mass is 9.86. The van der Waals surface area contributed by atoms with Crippen molar-refractivity contribution in [2.75, 3.05) is 0 Å². The number of rotatable bonds is 3. The Hall–Kier alpha value is -1.58. The molecular formula is C17H18ClNOS. The number of ether oxygens (including phenoxy) is 1. The van der Waals surface area contributed by atoms with Gasteiger partial charge in [0.1, 0.15) is 16.5 Å². The van der Waals surface area contributed by atoms with Gasteiger partial charge in [0, 0.05) is 5.56 Å². The minimum atomic E-state index is -0.0292. The van der Waals surface area contributed by atoms with Crippen molar-refractivity contribution in [1.29, 1.82) is 0 Å². The second-order valence-corrected chi connectivity index (χ2v) is 6.67. The molecule has 0 unspecified atom stereocenters. The quantitative estimate of drug-likeness (QED) is 0.803. The molecule has 0 saturated heterocycles. The van der Waals surface area contributed by atoms with Crippen molar-refractivity contribution in [3.05, 3.63) is 58.6 Å². The van der Waals surface area contributed by atoms with Gasteiger partial charge in [-0.3, -0.25) is 0 Å². The first-order chi connectivity index (χ1) is 9.80. The maximum Gasteiger partial charge on any atom is 0.139 e. The Labute approximate surface area is 135 Å². The van der Waals surface area contributed by atoms with Crippen molar-refractivity contribution in [3.63, 3.8) is 0 Å². The number of hydrogen-bond acceptors (Lipinski definition) is 2. The fourth-order valence-corrected chi connectivity index (χ4v) is 2.66. The smallest absolute Gasteiger partial charge is 0.139 e. The average Bonchev–Trinajstić information content (AvgIpc) is 2.37. The predicted molar refractivity (Wildman–Crippen MR) is 92.6 cm³/mol. The molecule has 0 bridgehead atoms. The van der Waals surface area contributed by atoms with Gasteiger partial charge in [0.15, 0.2) is 0 Å². The van der Waals surface area contributed by atoms with Gasteiger partial charge in [0.2, 0.25) is 0 Å². The van der Waals surface area contributed by atoms with Gasteiger partial charge < -0.3 is 10.5 Å². The zero-order valence-electron chi connectivity index (χ0n) is 12.3. The van der Waals surface area contributed by atoms with Gasteiger partial charge in [-0.2, -0.15) is 0 Å². The molecule has 0 aromatic heterocycles. The summed E-state index contributed by atoms with van der Waals surface area (Å²) in [4.78, 5) is 0.226. The fourth-order valence-electron chi connectivity index (χ4n) is 2.12. The van der Waals surface area contributed by atoms with E-state index in [1.165, 1.54) is 0 Å². The van der Waals surface area contributed by atoms with Crippen molar-refractivity contribution in [3.8, 4) is 11.5 Å². The van der Waals surface area contributed by atoms with E-state index in [0.717, 1.165) is 11.3 Å². The van der Waals surface area contributed by atoms with Crippen LogP contribution in [0.2, 0.25) is 5.02 Å². The molecule has 0 atom stereocenters. The van der Waals surface area contributed by atoms with Crippen LogP contribution in [0.1, 0.15) is 31.9 Å². The third-order valence-corrected chi connectivity index (χ3v) is 3.66. The van der Waals surface area contributed by atoms with Gasteiger partial charge in [-0.25, -0.2) is 0 Å². The Morgan fingerprint density at radius 3 is 2.29 bits per heavy atom. The van der Waals surface area contributed by atoms with E-state index in [-0.39, 0.29) is 10.4 Å². The number of halogens is 1. The summed E-state index contributed by atoms with van der Waals surface area (Å²) in [6.45, 7) is 6.42. The Morgan fingerprint density at radius 1 is 1.05 bits per heavy atom. The molecule has 0 spiro atoms. The zero-order valence-corrected chi connectivity index (χ0v) is 13.9. The minimum absolute atomic E-state index is 0.0292. The highest BCUT2D eigenvalue weighted by molar-refractivity contribution is 7.80. The third-order valence-electron chi connectivity index (χ3n) is 3.14.